The molecule has 1 aliphatic heterocycles. The molecule has 26 heavy (non-hydrogen) atoms. The highest BCUT2D eigenvalue weighted by molar-refractivity contribution is 7.80. The summed E-state index contributed by atoms with van der Waals surface area (Å²) in [6.07, 6.45) is 3.16. The Hall–Kier alpha value is -2.14. The lowest BCUT2D eigenvalue weighted by Crippen LogP contribution is -2.39. The van der Waals surface area contributed by atoms with Gasteiger partial charge in [0.2, 0.25) is 0 Å². The van der Waals surface area contributed by atoms with Gasteiger partial charge in [0, 0.05) is 19.6 Å². The predicted octanol–water partition coefficient (Wildman–Crippen LogP) is 4.36. The number of hydrogen-bond acceptors (Lipinski definition) is 3. The zero-order valence-electron chi connectivity index (χ0n) is 15.8. The van der Waals surface area contributed by atoms with Crippen LogP contribution in [0.5, 0.6) is 0 Å². The first kappa shape index (κ1) is 18.6. The van der Waals surface area contributed by atoms with Crippen LogP contribution in [0.15, 0.2) is 42.6 Å². The van der Waals surface area contributed by atoms with Crippen LogP contribution in [0.2, 0.25) is 0 Å². The second kappa shape index (κ2) is 8.49. The summed E-state index contributed by atoms with van der Waals surface area (Å²) in [7, 11) is 0. The van der Waals surface area contributed by atoms with Crippen molar-refractivity contribution in [3.8, 4) is 0 Å². The van der Waals surface area contributed by atoms with Crippen molar-refractivity contribution in [3.63, 3.8) is 0 Å². The average molecular weight is 369 g/mol. The molecule has 2 aromatic rings. The van der Waals surface area contributed by atoms with Gasteiger partial charge in [-0.1, -0.05) is 43.7 Å². The maximum absolute atomic E-state index is 5.39. The summed E-state index contributed by atoms with van der Waals surface area (Å²) in [5, 5.41) is 7.06. The van der Waals surface area contributed by atoms with Crippen molar-refractivity contribution in [2.45, 2.75) is 33.7 Å². The van der Waals surface area contributed by atoms with Crippen LogP contribution in [0.25, 0.3) is 0 Å². The number of rotatable bonds is 4. The van der Waals surface area contributed by atoms with Crippen molar-refractivity contribution in [2.24, 2.45) is 11.8 Å². The first-order valence-electron chi connectivity index (χ1n) is 9.31. The smallest absolute Gasteiger partial charge is 0.171 e. The third-order valence-corrected chi connectivity index (χ3v) is 5.02. The van der Waals surface area contributed by atoms with E-state index in [1.54, 1.807) is 0 Å². The molecule has 138 valence electrons. The van der Waals surface area contributed by atoms with Crippen LogP contribution in [-0.4, -0.2) is 23.2 Å². The van der Waals surface area contributed by atoms with Gasteiger partial charge in [0.15, 0.2) is 5.11 Å². The first-order valence-corrected chi connectivity index (χ1v) is 9.72. The van der Waals surface area contributed by atoms with E-state index in [1.807, 2.05) is 12.3 Å². The summed E-state index contributed by atoms with van der Waals surface area (Å²) in [5.74, 6) is 2.49. The number of hydrogen-bond donors (Lipinski definition) is 2. The zero-order chi connectivity index (χ0) is 18.5. The molecule has 0 bridgehead atoms. The Bertz CT molecular complexity index is 717. The van der Waals surface area contributed by atoms with Gasteiger partial charge in [-0.15, -0.1) is 0 Å². The fourth-order valence-corrected chi connectivity index (χ4v) is 3.75. The molecule has 0 spiro atoms. The van der Waals surface area contributed by atoms with E-state index >= 15 is 0 Å². The molecule has 1 fully saturated rings. The average Bonchev–Trinajstić information content (AvgIpc) is 2.61. The summed E-state index contributed by atoms with van der Waals surface area (Å²) >= 11 is 5.39. The van der Waals surface area contributed by atoms with Crippen LogP contribution >= 0.6 is 12.2 Å². The zero-order valence-corrected chi connectivity index (χ0v) is 16.6. The molecule has 1 aliphatic rings. The second-order valence-electron chi connectivity index (χ2n) is 7.55. The second-order valence-corrected chi connectivity index (χ2v) is 7.96. The Kier molecular flexibility index (Phi) is 6.09. The maximum Gasteiger partial charge on any atom is 0.171 e. The number of piperidine rings is 1. The van der Waals surface area contributed by atoms with Crippen LogP contribution in [0, 0.1) is 18.8 Å². The fourth-order valence-electron chi connectivity index (χ4n) is 3.56. The summed E-state index contributed by atoms with van der Waals surface area (Å²) in [4.78, 5) is 7.01. The van der Waals surface area contributed by atoms with Gasteiger partial charge >= 0.3 is 0 Å². The Labute approximate surface area is 162 Å². The molecule has 1 aromatic heterocycles. The monoisotopic (exact) mass is 368 g/mol. The highest BCUT2D eigenvalue weighted by Crippen LogP contribution is 2.25. The first-order chi connectivity index (χ1) is 12.5. The van der Waals surface area contributed by atoms with E-state index < -0.39 is 0 Å². The van der Waals surface area contributed by atoms with E-state index in [4.69, 9.17) is 12.2 Å². The van der Waals surface area contributed by atoms with Crippen molar-refractivity contribution >= 4 is 28.8 Å². The van der Waals surface area contributed by atoms with Crippen molar-refractivity contribution in [2.75, 3.05) is 23.3 Å². The predicted molar refractivity (Wildman–Crippen MR) is 114 cm³/mol. The quantitative estimate of drug-likeness (QED) is 0.785. The summed E-state index contributed by atoms with van der Waals surface area (Å²) in [6.45, 7) is 9.60. The standard InChI is InChI=1S/C21H28N4S/c1-15-4-6-18(7-5-15)11-23-21(26)24-19-8-9-20(22-12-19)25-13-16(2)10-17(3)14-25/h4-9,12,16-17H,10-11,13-14H2,1-3H3,(H2,23,24,26)/t16-,17-/m0/s1. The number of aryl methyl sites for hydroxylation is 1. The van der Waals surface area contributed by atoms with E-state index in [0.717, 1.165) is 36.4 Å². The summed E-state index contributed by atoms with van der Waals surface area (Å²) in [6, 6.07) is 12.6. The molecule has 1 aromatic carbocycles. The third-order valence-electron chi connectivity index (χ3n) is 4.77. The number of anilines is 2. The molecule has 0 aliphatic carbocycles. The molecule has 4 nitrogen and oxygen atoms in total. The Morgan fingerprint density at radius 1 is 1.12 bits per heavy atom. The number of thiocarbonyl (C=S) groups is 1. The molecular formula is C21H28N4S. The lowest BCUT2D eigenvalue weighted by Gasteiger charge is -2.35. The highest BCUT2D eigenvalue weighted by atomic mass is 32.1. The van der Waals surface area contributed by atoms with Gasteiger partial charge in [-0.05, 0) is 55.1 Å². The van der Waals surface area contributed by atoms with Crippen LogP contribution < -0.4 is 15.5 Å². The van der Waals surface area contributed by atoms with Gasteiger partial charge in [0.25, 0.3) is 0 Å². The molecule has 2 atom stereocenters. The van der Waals surface area contributed by atoms with E-state index in [2.05, 4.69) is 71.6 Å². The molecule has 2 N–H and O–H groups in total. The van der Waals surface area contributed by atoms with E-state index in [0.29, 0.717) is 11.7 Å². The van der Waals surface area contributed by atoms with Crippen molar-refractivity contribution in [3.05, 3.63) is 53.7 Å². The molecule has 5 heteroatoms. The topological polar surface area (TPSA) is 40.2 Å². The highest BCUT2D eigenvalue weighted by Gasteiger charge is 2.22. The molecule has 1 saturated heterocycles. The normalized spacial score (nSPS) is 19.9. The molecular weight excluding hydrogens is 340 g/mol. The number of nitrogens with zero attached hydrogens (tertiary/aromatic N) is 2. The molecule has 0 saturated carbocycles. The van der Waals surface area contributed by atoms with Gasteiger partial charge in [-0.25, -0.2) is 4.98 Å². The van der Waals surface area contributed by atoms with Gasteiger partial charge in [0.1, 0.15) is 5.82 Å². The third kappa shape index (κ3) is 5.18. The van der Waals surface area contributed by atoms with Crippen LogP contribution in [0.4, 0.5) is 11.5 Å². The SMILES string of the molecule is Cc1ccc(CNC(=S)Nc2ccc(N3C[C@@H](C)C[C@H](C)C3)nc2)cc1. The van der Waals surface area contributed by atoms with Crippen molar-refractivity contribution in [1.82, 2.24) is 10.3 Å². The molecule has 0 radical (unpaired) electrons. The molecule has 0 amide bonds. The summed E-state index contributed by atoms with van der Waals surface area (Å²) in [5.41, 5.74) is 3.38. The Morgan fingerprint density at radius 2 is 1.81 bits per heavy atom. The van der Waals surface area contributed by atoms with Crippen LogP contribution in [-0.2, 0) is 6.54 Å². The minimum absolute atomic E-state index is 0.611. The fraction of sp³-hybridized carbons (Fsp3) is 0.429. The Morgan fingerprint density at radius 3 is 2.42 bits per heavy atom. The number of nitrogens with one attached hydrogen (secondary N) is 2. The number of pyridine rings is 1. The maximum atomic E-state index is 5.39. The van der Waals surface area contributed by atoms with Gasteiger partial charge in [0.05, 0.1) is 11.9 Å². The number of benzene rings is 1. The minimum Gasteiger partial charge on any atom is -0.358 e. The largest absolute Gasteiger partial charge is 0.358 e. The molecule has 2 heterocycles. The van der Waals surface area contributed by atoms with E-state index in [9.17, 15) is 0 Å². The van der Waals surface area contributed by atoms with Crippen LogP contribution in [0.1, 0.15) is 31.4 Å². The molecule has 0 unspecified atom stereocenters. The molecule has 3 rings (SSSR count). The van der Waals surface area contributed by atoms with E-state index in [1.165, 1.54) is 17.5 Å². The van der Waals surface area contributed by atoms with Crippen LogP contribution in [0.3, 0.4) is 0 Å². The van der Waals surface area contributed by atoms with Crippen molar-refractivity contribution in [1.29, 1.82) is 0 Å². The van der Waals surface area contributed by atoms with E-state index in [-0.39, 0.29) is 0 Å². The minimum atomic E-state index is 0.611. The van der Waals surface area contributed by atoms with Crippen molar-refractivity contribution < 1.29 is 0 Å². The lowest BCUT2D eigenvalue weighted by atomic mass is 9.92. The van der Waals surface area contributed by atoms with Gasteiger partial charge in [-0.2, -0.15) is 0 Å². The number of aromatic nitrogens is 1. The summed E-state index contributed by atoms with van der Waals surface area (Å²) < 4.78 is 0. The lowest BCUT2D eigenvalue weighted by molar-refractivity contribution is 0.355. The van der Waals surface area contributed by atoms with Gasteiger partial charge < -0.3 is 15.5 Å². The Balaban J connectivity index is 1.52. The van der Waals surface area contributed by atoms with Gasteiger partial charge in [-0.3, -0.25) is 0 Å².